The average molecular weight is 404 g/mol. The van der Waals surface area contributed by atoms with Crippen LogP contribution in [-0.4, -0.2) is 23.8 Å². The summed E-state index contributed by atoms with van der Waals surface area (Å²) in [7, 11) is 0. The van der Waals surface area contributed by atoms with Crippen LogP contribution >= 0.6 is 27.5 Å². The van der Waals surface area contributed by atoms with Crippen LogP contribution in [0.4, 0.5) is 10.5 Å². The summed E-state index contributed by atoms with van der Waals surface area (Å²) in [6.45, 7) is 5.61. The van der Waals surface area contributed by atoms with Gasteiger partial charge in [0.2, 0.25) is 0 Å². The number of nitrogens with one attached hydrogen (secondary N) is 2. The van der Waals surface area contributed by atoms with Gasteiger partial charge in [-0.2, -0.15) is 0 Å². The zero-order chi connectivity index (χ0) is 17.0. The second kappa shape index (κ2) is 7.75. The first-order valence-corrected chi connectivity index (χ1v) is 9.12. The van der Waals surface area contributed by atoms with Gasteiger partial charge in [-0.05, 0) is 74.5 Å². The van der Waals surface area contributed by atoms with Crippen molar-refractivity contribution in [2.75, 3.05) is 5.32 Å². The topological polar surface area (TPSA) is 50.4 Å². The van der Waals surface area contributed by atoms with Crippen molar-refractivity contribution < 1.29 is 9.53 Å². The maximum atomic E-state index is 11.9. The molecule has 1 aromatic carbocycles. The van der Waals surface area contributed by atoms with E-state index < -0.39 is 5.60 Å². The number of hydrogen-bond donors (Lipinski definition) is 2. The van der Waals surface area contributed by atoms with Crippen LogP contribution in [0, 0.1) is 0 Å². The van der Waals surface area contributed by atoms with E-state index in [-0.39, 0.29) is 12.1 Å². The summed E-state index contributed by atoms with van der Waals surface area (Å²) in [6, 6.07) is 6.22. The lowest BCUT2D eigenvalue weighted by atomic mass is 9.91. The van der Waals surface area contributed by atoms with E-state index in [2.05, 4.69) is 26.6 Å². The van der Waals surface area contributed by atoms with Crippen molar-refractivity contribution >= 4 is 39.3 Å². The van der Waals surface area contributed by atoms with Gasteiger partial charge in [-0.1, -0.05) is 17.7 Å². The number of anilines is 1. The Labute approximate surface area is 151 Å². The highest BCUT2D eigenvalue weighted by molar-refractivity contribution is 9.10. The molecule has 0 spiro atoms. The zero-order valence-corrected chi connectivity index (χ0v) is 16.1. The minimum Gasteiger partial charge on any atom is -0.444 e. The van der Waals surface area contributed by atoms with Gasteiger partial charge in [0, 0.05) is 12.1 Å². The molecule has 2 atom stereocenters. The molecule has 2 unspecified atom stereocenters. The third-order valence-electron chi connectivity index (χ3n) is 3.71. The monoisotopic (exact) mass is 402 g/mol. The van der Waals surface area contributed by atoms with Gasteiger partial charge in [-0.3, -0.25) is 0 Å². The van der Waals surface area contributed by atoms with Crippen LogP contribution in [0.1, 0.15) is 46.5 Å². The summed E-state index contributed by atoms with van der Waals surface area (Å²) in [6.07, 6.45) is 3.65. The van der Waals surface area contributed by atoms with Crippen LogP contribution < -0.4 is 10.6 Å². The van der Waals surface area contributed by atoms with E-state index in [1.165, 1.54) is 0 Å². The first-order chi connectivity index (χ1) is 10.7. The molecular weight excluding hydrogens is 380 g/mol. The number of carbonyl (C=O) groups is 1. The Morgan fingerprint density at radius 3 is 2.70 bits per heavy atom. The molecule has 1 aliphatic carbocycles. The predicted octanol–water partition coefficient (Wildman–Crippen LogP) is 5.35. The minimum atomic E-state index is -0.470. The minimum absolute atomic E-state index is 0.133. The van der Waals surface area contributed by atoms with Gasteiger partial charge in [0.15, 0.2) is 0 Å². The quantitative estimate of drug-likeness (QED) is 0.715. The fourth-order valence-electron chi connectivity index (χ4n) is 2.76. The lowest BCUT2D eigenvalue weighted by Crippen LogP contribution is -2.43. The molecule has 1 saturated carbocycles. The highest BCUT2D eigenvalue weighted by atomic mass is 79.9. The van der Waals surface area contributed by atoms with Crippen molar-refractivity contribution in [3.05, 3.63) is 27.7 Å². The molecule has 0 aliphatic heterocycles. The van der Waals surface area contributed by atoms with Gasteiger partial charge < -0.3 is 15.4 Å². The Hall–Kier alpha value is -0.940. The summed E-state index contributed by atoms with van der Waals surface area (Å²) in [5.41, 5.74) is 0.516. The van der Waals surface area contributed by atoms with Crippen LogP contribution in [0.5, 0.6) is 0 Å². The first kappa shape index (κ1) is 18.4. The van der Waals surface area contributed by atoms with Crippen LogP contribution in [-0.2, 0) is 4.74 Å². The highest BCUT2D eigenvalue weighted by Crippen LogP contribution is 2.32. The fraction of sp³-hybridized carbons (Fsp3) is 0.588. The lowest BCUT2D eigenvalue weighted by Gasteiger charge is -2.32. The Kier molecular flexibility index (Phi) is 6.20. The van der Waals surface area contributed by atoms with Crippen LogP contribution in [0.3, 0.4) is 0 Å². The van der Waals surface area contributed by atoms with Crippen molar-refractivity contribution in [1.82, 2.24) is 5.32 Å². The molecule has 0 aromatic heterocycles. The zero-order valence-electron chi connectivity index (χ0n) is 13.8. The number of rotatable bonds is 3. The van der Waals surface area contributed by atoms with Gasteiger partial charge in [0.1, 0.15) is 5.60 Å². The smallest absolute Gasteiger partial charge is 0.407 e. The Morgan fingerprint density at radius 1 is 1.30 bits per heavy atom. The van der Waals surface area contributed by atoms with Gasteiger partial charge in [0.25, 0.3) is 0 Å². The molecule has 23 heavy (non-hydrogen) atoms. The normalized spacial score (nSPS) is 21.6. The number of hydrogen-bond acceptors (Lipinski definition) is 3. The predicted molar refractivity (Wildman–Crippen MR) is 98.2 cm³/mol. The maximum Gasteiger partial charge on any atom is 0.407 e. The third kappa shape index (κ3) is 5.88. The third-order valence-corrected chi connectivity index (χ3v) is 5.10. The van der Waals surface area contributed by atoms with E-state index in [0.29, 0.717) is 11.1 Å². The van der Waals surface area contributed by atoms with E-state index >= 15 is 0 Å². The van der Waals surface area contributed by atoms with Crippen molar-refractivity contribution in [2.45, 2.75) is 64.1 Å². The number of amides is 1. The molecule has 6 heteroatoms. The van der Waals surface area contributed by atoms with Crippen LogP contribution in [0.15, 0.2) is 22.7 Å². The van der Waals surface area contributed by atoms with Crippen molar-refractivity contribution in [3.8, 4) is 0 Å². The summed E-state index contributed by atoms with van der Waals surface area (Å²) in [5, 5.41) is 7.19. The molecule has 0 saturated heterocycles. The molecule has 1 aromatic rings. The molecule has 1 fully saturated rings. The molecule has 4 nitrogen and oxygen atoms in total. The number of carbonyl (C=O) groups excluding carboxylic acids is 1. The average Bonchev–Trinajstić information content (AvgIpc) is 2.42. The van der Waals surface area contributed by atoms with Crippen molar-refractivity contribution in [2.24, 2.45) is 0 Å². The standard InChI is InChI=1S/C17H24BrClN2O2/c1-17(2,3)23-16(22)21-12-7-4-6-11(10-12)20-14-9-5-8-13(19)15(14)18/h5,8-9,11-12,20H,4,6-7,10H2,1-3H3,(H,21,22). The van der Waals surface area contributed by atoms with Gasteiger partial charge in [-0.15, -0.1) is 0 Å². The largest absolute Gasteiger partial charge is 0.444 e. The molecule has 1 amide bonds. The first-order valence-electron chi connectivity index (χ1n) is 7.94. The molecule has 2 rings (SSSR count). The van der Waals surface area contributed by atoms with E-state index in [9.17, 15) is 4.79 Å². The lowest BCUT2D eigenvalue weighted by molar-refractivity contribution is 0.0492. The van der Waals surface area contributed by atoms with Gasteiger partial charge in [0.05, 0.1) is 15.2 Å². The van der Waals surface area contributed by atoms with Gasteiger partial charge >= 0.3 is 6.09 Å². The summed E-state index contributed by atoms with van der Waals surface area (Å²) < 4.78 is 6.21. The number of benzene rings is 1. The molecule has 1 aliphatic rings. The van der Waals surface area contributed by atoms with Gasteiger partial charge in [-0.25, -0.2) is 4.79 Å². The SMILES string of the molecule is CC(C)(C)OC(=O)NC1CCCC(Nc2cccc(Cl)c2Br)C1. The van der Waals surface area contributed by atoms with E-state index in [4.69, 9.17) is 16.3 Å². The second-order valence-corrected chi connectivity index (χ2v) is 8.15. The summed E-state index contributed by atoms with van der Waals surface area (Å²) in [4.78, 5) is 11.9. The number of halogens is 2. The van der Waals surface area contributed by atoms with Crippen LogP contribution in [0.2, 0.25) is 5.02 Å². The second-order valence-electron chi connectivity index (χ2n) is 6.95. The van der Waals surface area contributed by atoms with Crippen molar-refractivity contribution in [1.29, 1.82) is 0 Å². The molecule has 2 N–H and O–H groups in total. The molecule has 128 valence electrons. The van der Waals surface area contributed by atoms with Crippen LogP contribution in [0.25, 0.3) is 0 Å². The Bertz CT molecular complexity index is 560. The summed E-state index contributed by atoms with van der Waals surface area (Å²) in [5.74, 6) is 0. The Morgan fingerprint density at radius 2 is 2.00 bits per heavy atom. The number of alkyl carbamates (subject to hydrolysis) is 1. The highest BCUT2D eigenvalue weighted by Gasteiger charge is 2.25. The Balaban J connectivity index is 1.91. The van der Waals surface area contributed by atoms with E-state index in [1.807, 2.05) is 39.0 Å². The molecule has 0 heterocycles. The van der Waals surface area contributed by atoms with E-state index in [0.717, 1.165) is 35.8 Å². The molecule has 0 bridgehead atoms. The maximum absolute atomic E-state index is 11.9. The van der Waals surface area contributed by atoms with Crippen molar-refractivity contribution in [3.63, 3.8) is 0 Å². The molecular formula is C17H24BrClN2O2. The fourth-order valence-corrected chi connectivity index (χ4v) is 3.31. The summed E-state index contributed by atoms with van der Waals surface area (Å²) >= 11 is 9.64. The van der Waals surface area contributed by atoms with E-state index in [1.54, 1.807) is 0 Å². The number of ether oxygens (including phenoxy) is 1. The molecule has 0 radical (unpaired) electrons.